The van der Waals surface area contributed by atoms with Crippen molar-refractivity contribution in [1.82, 2.24) is 14.9 Å². The van der Waals surface area contributed by atoms with Crippen LogP contribution in [0.1, 0.15) is 10.4 Å². The zero-order valence-corrected chi connectivity index (χ0v) is 16.6. The fraction of sp³-hybridized carbons (Fsp3) is 0.350. The predicted molar refractivity (Wildman–Crippen MR) is 108 cm³/mol. The summed E-state index contributed by atoms with van der Waals surface area (Å²) >= 11 is 1.69. The summed E-state index contributed by atoms with van der Waals surface area (Å²) in [5.41, 5.74) is 1.22. The highest BCUT2D eigenvalue weighted by Gasteiger charge is 2.24. The summed E-state index contributed by atoms with van der Waals surface area (Å²) in [6, 6.07) is 5.67. The number of carbonyl (C=O) groups excluding carboxylic acids is 1. The van der Waals surface area contributed by atoms with E-state index < -0.39 is 0 Å². The van der Waals surface area contributed by atoms with Crippen LogP contribution in [-0.4, -0.2) is 53.6 Å². The van der Waals surface area contributed by atoms with E-state index in [4.69, 9.17) is 4.74 Å². The normalized spacial score (nSPS) is 14.5. The van der Waals surface area contributed by atoms with Crippen molar-refractivity contribution in [3.8, 4) is 5.75 Å². The van der Waals surface area contributed by atoms with E-state index in [1.54, 1.807) is 22.6 Å². The first-order valence-electron chi connectivity index (χ1n) is 9.14. The van der Waals surface area contributed by atoms with Crippen molar-refractivity contribution in [3.63, 3.8) is 0 Å². The fourth-order valence-corrected chi connectivity index (χ4v) is 4.33. The Morgan fingerprint density at radius 2 is 1.86 bits per heavy atom. The van der Waals surface area contributed by atoms with Gasteiger partial charge in [0.2, 0.25) is 0 Å². The van der Waals surface area contributed by atoms with Crippen LogP contribution in [0.5, 0.6) is 5.75 Å². The molecule has 1 fully saturated rings. The Labute approximate surface area is 166 Å². The van der Waals surface area contributed by atoms with Crippen LogP contribution in [0, 0.1) is 19.7 Å². The Balaban J connectivity index is 1.38. The summed E-state index contributed by atoms with van der Waals surface area (Å²) in [6.45, 7) is 6.80. The number of nitrogens with zero attached hydrogens (tertiary/aromatic N) is 4. The molecular formula is C20H21FN4O2S. The molecule has 0 saturated carbocycles. The molecule has 6 nitrogen and oxygen atoms in total. The Kier molecular flexibility index (Phi) is 5.13. The van der Waals surface area contributed by atoms with Gasteiger partial charge in [0.15, 0.2) is 6.61 Å². The average Bonchev–Trinajstić information content (AvgIpc) is 3.01. The smallest absolute Gasteiger partial charge is 0.260 e. The Morgan fingerprint density at radius 1 is 1.14 bits per heavy atom. The monoisotopic (exact) mass is 400 g/mol. The molecule has 8 heteroatoms. The van der Waals surface area contributed by atoms with Gasteiger partial charge >= 0.3 is 0 Å². The van der Waals surface area contributed by atoms with Gasteiger partial charge < -0.3 is 14.5 Å². The summed E-state index contributed by atoms with van der Waals surface area (Å²) < 4.78 is 18.4. The van der Waals surface area contributed by atoms with Crippen molar-refractivity contribution >= 4 is 33.3 Å². The van der Waals surface area contributed by atoms with Crippen molar-refractivity contribution in [3.05, 3.63) is 46.9 Å². The number of halogens is 1. The van der Waals surface area contributed by atoms with Crippen LogP contribution in [-0.2, 0) is 4.79 Å². The van der Waals surface area contributed by atoms with Gasteiger partial charge in [-0.15, -0.1) is 11.3 Å². The highest BCUT2D eigenvalue weighted by atomic mass is 32.1. The number of amides is 1. The zero-order valence-electron chi connectivity index (χ0n) is 15.8. The van der Waals surface area contributed by atoms with Gasteiger partial charge in [0.25, 0.3) is 5.91 Å². The van der Waals surface area contributed by atoms with Crippen molar-refractivity contribution < 1.29 is 13.9 Å². The van der Waals surface area contributed by atoms with Crippen molar-refractivity contribution in [2.24, 2.45) is 0 Å². The maximum atomic E-state index is 12.9. The highest BCUT2D eigenvalue weighted by molar-refractivity contribution is 7.18. The molecule has 1 saturated heterocycles. The standard InChI is InChI=1S/C20H21FN4O2S/c1-13-14(2)28-20-18(13)19(22-12-23-20)25-9-7-24(8-10-25)17(26)11-27-16-5-3-15(21)4-6-16/h3-6,12H,7-11H2,1-2H3. The molecule has 1 aromatic carbocycles. The minimum Gasteiger partial charge on any atom is -0.484 e. The minimum absolute atomic E-state index is 0.0494. The van der Waals surface area contributed by atoms with Gasteiger partial charge in [0.1, 0.15) is 28.5 Å². The zero-order chi connectivity index (χ0) is 19.7. The molecule has 1 amide bonds. The second kappa shape index (κ2) is 7.71. The molecule has 28 heavy (non-hydrogen) atoms. The molecule has 0 spiro atoms. The van der Waals surface area contributed by atoms with Gasteiger partial charge in [0, 0.05) is 31.1 Å². The third-order valence-corrected chi connectivity index (χ3v) is 6.17. The van der Waals surface area contributed by atoms with Gasteiger partial charge in [-0.1, -0.05) is 0 Å². The number of aryl methyl sites for hydroxylation is 2. The lowest BCUT2D eigenvalue weighted by molar-refractivity contribution is -0.133. The molecule has 146 valence electrons. The van der Waals surface area contributed by atoms with Gasteiger partial charge in [0.05, 0.1) is 5.39 Å². The number of aromatic nitrogens is 2. The number of benzene rings is 1. The lowest BCUT2D eigenvalue weighted by atomic mass is 10.2. The largest absolute Gasteiger partial charge is 0.484 e. The summed E-state index contributed by atoms with van der Waals surface area (Å²) in [5.74, 6) is 1.03. The number of fused-ring (bicyclic) bond motifs is 1. The summed E-state index contributed by atoms with van der Waals surface area (Å²) in [4.78, 5) is 27.6. The molecule has 0 bridgehead atoms. The first kappa shape index (κ1) is 18.6. The Hall–Kier alpha value is -2.74. The van der Waals surface area contributed by atoms with Gasteiger partial charge in [-0.05, 0) is 43.7 Å². The van der Waals surface area contributed by atoms with Gasteiger partial charge in [-0.2, -0.15) is 0 Å². The number of thiophene rings is 1. The van der Waals surface area contributed by atoms with E-state index in [0.717, 1.165) is 16.0 Å². The topological polar surface area (TPSA) is 58.6 Å². The average molecular weight is 400 g/mol. The second-order valence-corrected chi connectivity index (χ2v) is 7.97. The van der Waals surface area contributed by atoms with Crippen molar-refractivity contribution in [2.75, 3.05) is 37.7 Å². The van der Waals surface area contributed by atoms with E-state index in [9.17, 15) is 9.18 Å². The molecule has 3 aromatic rings. The molecule has 0 N–H and O–H groups in total. The van der Waals surface area contributed by atoms with Gasteiger partial charge in [-0.3, -0.25) is 4.79 Å². The highest BCUT2D eigenvalue weighted by Crippen LogP contribution is 2.34. The molecule has 1 aliphatic rings. The van der Waals surface area contributed by atoms with Crippen LogP contribution in [0.3, 0.4) is 0 Å². The minimum atomic E-state index is -0.329. The van der Waals surface area contributed by atoms with Crippen molar-refractivity contribution in [1.29, 1.82) is 0 Å². The third kappa shape index (κ3) is 3.64. The number of piperazine rings is 1. The lowest BCUT2D eigenvalue weighted by Gasteiger charge is -2.35. The summed E-state index contributed by atoms with van der Waals surface area (Å²) in [6.07, 6.45) is 1.61. The van der Waals surface area contributed by atoms with E-state index in [1.807, 2.05) is 0 Å². The van der Waals surface area contributed by atoms with Crippen LogP contribution in [0.25, 0.3) is 10.2 Å². The molecular weight excluding hydrogens is 379 g/mol. The molecule has 0 unspecified atom stereocenters. The van der Waals surface area contributed by atoms with E-state index in [1.165, 1.54) is 34.7 Å². The van der Waals surface area contributed by atoms with E-state index in [2.05, 4.69) is 28.7 Å². The molecule has 4 rings (SSSR count). The second-order valence-electron chi connectivity index (χ2n) is 6.77. The maximum Gasteiger partial charge on any atom is 0.260 e. The third-order valence-electron chi connectivity index (χ3n) is 5.05. The van der Waals surface area contributed by atoms with Gasteiger partial charge in [-0.25, -0.2) is 14.4 Å². The molecule has 0 aliphatic carbocycles. The van der Waals surface area contributed by atoms with E-state index in [0.29, 0.717) is 31.9 Å². The molecule has 0 radical (unpaired) electrons. The molecule has 0 atom stereocenters. The number of rotatable bonds is 4. The van der Waals surface area contributed by atoms with E-state index >= 15 is 0 Å². The summed E-state index contributed by atoms with van der Waals surface area (Å²) in [5, 5.41) is 1.12. The van der Waals surface area contributed by atoms with Crippen LogP contribution >= 0.6 is 11.3 Å². The predicted octanol–water partition coefficient (Wildman–Crippen LogP) is 3.17. The molecule has 2 aromatic heterocycles. The van der Waals surface area contributed by atoms with Crippen LogP contribution in [0.4, 0.5) is 10.2 Å². The lowest BCUT2D eigenvalue weighted by Crippen LogP contribution is -2.50. The first-order chi connectivity index (χ1) is 13.5. The maximum absolute atomic E-state index is 12.9. The number of hydrogen-bond acceptors (Lipinski definition) is 6. The number of carbonyl (C=O) groups is 1. The van der Waals surface area contributed by atoms with Crippen LogP contribution in [0.2, 0.25) is 0 Å². The molecule has 3 heterocycles. The SMILES string of the molecule is Cc1sc2ncnc(N3CCN(C(=O)COc4ccc(F)cc4)CC3)c2c1C. The number of ether oxygens (including phenoxy) is 1. The van der Waals surface area contributed by atoms with E-state index in [-0.39, 0.29) is 18.3 Å². The quantitative estimate of drug-likeness (QED) is 0.673. The first-order valence-corrected chi connectivity index (χ1v) is 9.96. The summed E-state index contributed by atoms with van der Waals surface area (Å²) in [7, 11) is 0. The van der Waals surface area contributed by atoms with Crippen LogP contribution in [0.15, 0.2) is 30.6 Å². The number of hydrogen-bond donors (Lipinski definition) is 0. The van der Waals surface area contributed by atoms with Crippen LogP contribution < -0.4 is 9.64 Å². The molecule has 1 aliphatic heterocycles. The fourth-order valence-electron chi connectivity index (χ4n) is 3.34. The Bertz CT molecular complexity index is 997. The Morgan fingerprint density at radius 3 is 2.57 bits per heavy atom. The number of anilines is 1. The van der Waals surface area contributed by atoms with Crippen molar-refractivity contribution in [2.45, 2.75) is 13.8 Å².